The molecule has 0 radical (unpaired) electrons. The van der Waals surface area contributed by atoms with Crippen LogP contribution in [-0.2, 0) is 6.42 Å². The molecule has 0 fully saturated rings. The van der Waals surface area contributed by atoms with Crippen LogP contribution in [0.25, 0.3) is 11.3 Å². The van der Waals surface area contributed by atoms with Gasteiger partial charge in [-0.25, -0.2) is 4.98 Å². The highest BCUT2D eigenvalue weighted by Gasteiger charge is 2.10. The van der Waals surface area contributed by atoms with E-state index in [4.69, 9.17) is 4.42 Å². The molecule has 21 heavy (non-hydrogen) atoms. The largest absolute Gasteiger partial charge is 0.441 e. The quantitative estimate of drug-likeness (QED) is 0.470. The van der Waals surface area contributed by atoms with Crippen LogP contribution in [0.1, 0.15) is 26.2 Å². The van der Waals surface area contributed by atoms with Crippen LogP contribution in [0, 0.1) is 9.49 Å². The number of hydrogen-bond acceptors (Lipinski definition) is 3. The molecule has 1 N–H and O–H groups in total. The summed E-state index contributed by atoms with van der Waals surface area (Å²) in [6, 6.07) is 6.16. The van der Waals surface area contributed by atoms with Crippen molar-refractivity contribution in [1.82, 2.24) is 10.3 Å². The van der Waals surface area contributed by atoms with E-state index >= 15 is 0 Å². The van der Waals surface area contributed by atoms with E-state index in [0.717, 1.165) is 51.2 Å². The van der Waals surface area contributed by atoms with E-state index < -0.39 is 0 Å². The zero-order chi connectivity index (χ0) is 15.2. The number of aryl methyl sites for hydroxylation is 1. The molecule has 2 rings (SSSR count). The van der Waals surface area contributed by atoms with Crippen molar-refractivity contribution in [3.05, 3.63) is 38.3 Å². The minimum absolute atomic E-state index is 0.692. The van der Waals surface area contributed by atoms with E-state index in [1.165, 1.54) is 0 Å². The molecular weight excluding hydrogens is 443 g/mol. The molecule has 1 aromatic carbocycles. The number of nitrogens with zero attached hydrogens (tertiary/aromatic N) is 1. The van der Waals surface area contributed by atoms with Crippen LogP contribution in [0.5, 0.6) is 0 Å². The van der Waals surface area contributed by atoms with E-state index in [-0.39, 0.29) is 0 Å². The maximum atomic E-state index is 5.87. The molecule has 5 heteroatoms. The predicted molar refractivity (Wildman–Crippen MR) is 98.4 cm³/mol. The van der Waals surface area contributed by atoms with Gasteiger partial charge in [-0.2, -0.15) is 0 Å². The second-order valence-corrected chi connectivity index (χ2v) is 7.52. The topological polar surface area (TPSA) is 38.1 Å². The molecule has 1 heterocycles. The van der Waals surface area contributed by atoms with Crippen molar-refractivity contribution in [2.24, 2.45) is 5.92 Å². The van der Waals surface area contributed by atoms with Gasteiger partial charge in [0.25, 0.3) is 0 Å². The molecule has 0 bridgehead atoms. The molecule has 0 aliphatic carbocycles. The Hall–Kier alpha value is -0.400. The van der Waals surface area contributed by atoms with Gasteiger partial charge in [-0.05, 0) is 66.2 Å². The second kappa shape index (κ2) is 8.29. The van der Waals surface area contributed by atoms with E-state index in [2.05, 4.69) is 74.8 Å². The molecule has 0 saturated carbocycles. The van der Waals surface area contributed by atoms with Crippen LogP contribution >= 0.6 is 38.5 Å². The van der Waals surface area contributed by atoms with Crippen LogP contribution < -0.4 is 5.32 Å². The number of benzene rings is 1. The number of oxazole rings is 1. The van der Waals surface area contributed by atoms with Gasteiger partial charge in [0.05, 0.1) is 6.20 Å². The van der Waals surface area contributed by atoms with Gasteiger partial charge < -0.3 is 9.73 Å². The van der Waals surface area contributed by atoms with Gasteiger partial charge in [0.1, 0.15) is 0 Å². The zero-order valence-corrected chi connectivity index (χ0v) is 16.1. The summed E-state index contributed by atoms with van der Waals surface area (Å²) < 4.78 is 8.08. The summed E-state index contributed by atoms with van der Waals surface area (Å²) in [5.41, 5.74) is 1.08. The Labute approximate surface area is 148 Å². The molecule has 0 aliphatic rings. The minimum atomic E-state index is 0.692. The molecule has 0 aliphatic heterocycles. The van der Waals surface area contributed by atoms with Crippen LogP contribution in [0.3, 0.4) is 0 Å². The maximum absolute atomic E-state index is 5.87. The van der Waals surface area contributed by atoms with Crippen molar-refractivity contribution in [2.75, 3.05) is 13.1 Å². The van der Waals surface area contributed by atoms with Gasteiger partial charge in [0.15, 0.2) is 11.7 Å². The first-order chi connectivity index (χ1) is 10.1. The average molecular weight is 463 g/mol. The Morgan fingerprint density at radius 1 is 1.38 bits per heavy atom. The second-order valence-electron chi connectivity index (χ2n) is 5.44. The molecule has 114 valence electrons. The summed E-state index contributed by atoms with van der Waals surface area (Å²) in [5.74, 6) is 2.34. The van der Waals surface area contributed by atoms with Crippen molar-refractivity contribution >= 4 is 38.5 Å². The number of halogens is 2. The highest BCUT2D eigenvalue weighted by atomic mass is 127. The fourth-order valence-electron chi connectivity index (χ4n) is 1.99. The normalized spacial score (nSPS) is 11.3. The Kier molecular flexibility index (Phi) is 6.70. The third-order valence-electron chi connectivity index (χ3n) is 3.04. The minimum Gasteiger partial charge on any atom is -0.441 e. The molecule has 1 aromatic heterocycles. The first-order valence-corrected chi connectivity index (χ1v) is 9.04. The Morgan fingerprint density at radius 3 is 2.95 bits per heavy atom. The van der Waals surface area contributed by atoms with Crippen molar-refractivity contribution < 1.29 is 4.42 Å². The van der Waals surface area contributed by atoms with Gasteiger partial charge in [-0.3, -0.25) is 0 Å². The molecule has 0 amide bonds. The number of nitrogens with one attached hydrogen (secondary N) is 1. The summed E-state index contributed by atoms with van der Waals surface area (Å²) in [7, 11) is 0. The summed E-state index contributed by atoms with van der Waals surface area (Å²) >= 11 is 5.81. The zero-order valence-electron chi connectivity index (χ0n) is 12.3. The fourth-order valence-corrected chi connectivity index (χ4v) is 2.95. The first kappa shape index (κ1) is 17.0. The standard InChI is InChI=1S/C16H20BrIN2O/c1-11(2)9-19-7-3-4-16-20-10-15(21-16)13-8-12(17)5-6-14(13)18/h5-6,8,10-11,19H,3-4,7,9H2,1-2H3. The number of aromatic nitrogens is 1. The number of hydrogen-bond donors (Lipinski definition) is 1. The SMILES string of the molecule is CC(C)CNCCCc1ncc(-c2cc(Br)ccc2I)o1. The third-order valence-corrected chi connectivity index (χ3v) is 4.48. The van der Waals surface area contributed by atoms with E-state index in [0.29, 0.717) is 5.92 Å². The lowest BCUT2D eigenvalue weighted by Gasteiger charge is -2.05. The lowest BCUT2D eigenvalue weighted by molar-refractivity contribution is 0.483. The van der Waals surface area contributed by atoms with E-state index in [9.17, 15) is 0 Å². The van der Waals surface area contributed by atoms with Gasteiger partial charge in [-0.1, -0.05) is 29.8 Å². The molecule has 0 unspecified atom stereocenters. The Bertz CT molecular complexity index is 583. The average Bonchev–Trinajstić information content (AvgIpc) is 2.89. The van der Waals surface area contributed by atoms with Crippen molar-refractivity contribution in [1.29, 1.82) is 0 Å². The van der Waals surface area contributed by atoms with Crippen molar-refractivity contribution in [2.45, 2.75) is 26.7 Å². The van der Waals surface area contributed by atoms with E-state index in [1.54, 1.807) is 0 Å². The summed E-state index contributed by atoms with van der Waals surface area (Å²) in [4.78, 5) is 4.38. The summed E-state index contributed by atoms with van der Waals surface area (Å²) in [6.07, 6.45) is 3.73. The van der Waals surface area contributed by atoms with Crippen LogP contribution in [0.15, 0.2) is 33.3 Å². The van der Waals surface area contributed by atoms with Gasteiger partial charge in [0, 0.05) is 20.0 Å². The van der Waals surface area contributed by atoms with Crippen LogP contribution in [0.2, 0.25) is 0 Å². The Morgan fingerprint density at radius 2 is 2.19 bits per heavy atom. The highest BCUT2D eigenvalue weighted by molar-refractivity contribution is 14.1. The van der Waals surface area contributed by atoms with Crippen LogP contribution in [0.4, 0.5) is 0 Å². The number of rotatable bonds is 7. The first-order valence-electron chi connectivity index (χ1n) is 7.17. The third kappa shape index (κ3) is 5.38. The van der Waals surface area contributed by atoms with Crippen molar-refractivity contribution in [3.63, 3.8) is 0 Å². The summed E-state index contributed by atoms with van der Waals surface area (Å²) in [6.45, 7) is 6.50. The van der Waals surface area contributed by atoms with E-state index in [1.807, 2.05) is 12.3 Å². The van der Waals surface area contributed by atoms with Gasteiger partial charge in [0.2, 0.25) is 0 Å². The Balaban J connectivity index is 1.91. The highest BCUT2D eigenvalue weighted by Crippen LogP contribution is 2.29. The molecular formula is C16H20BrIN2O. The maximum Gasteiger partial charge on any atom is 0.194 e. The molecule has 0 saturated heterocycles. The summed E-state index contributed by atoms with van der Waals surface area (Å²) in [5, 5.41) is 3.43. The predicted octanol–water partition coefficient (Wildman–Crippen LogP) is 4.89. The van der Waals surface area contributed by atoms with Gasteiger partial charge >= 0.3 is 0 Å². The molecule has 0 atom stereocenters. The lowest BCUT2D eigenvalue weighted by Crippen LogP contribution is -2.21. The van der Waals surface area contributed by atoms with Gasteiger partial charge in [-0.15, -0.1) is 0 Å². The monoisotopic (exact) mass is 462 g/mol. The molecule has 3 nitrogen and oxygen atoms in total. The van der Waals surface area contributed by atoms with Crippen molar-refractivity contribution in [3.8, 4) is 11.3 Å². The molecule has 2 aromatic rings. The molecule has 0 spiro atoms. The van der Waals surface area contributed by atoms with Crippen LogP contribution in [-0.4, -0.2) is 18.1 Å². The smallest absolute Gasteiger partial charge is 0.194 e. The fraction of sp³-hybridized carbons (Fsp3) is 0.438. The lowest BCUT2D eigenvalue weighted by atomic mass is 10.2.